The van der Waals surface area contributed by atoms with Gasteiger partial charge in [-0.1, -0.05) is 42.5 Å². The molecule has 148 valence electrons. The average molecular weight is 393 g/mol. The van der Waals surface area contributed by atoms with Crippen molar-refractivity contribution < 1.29 is 19.1 Å². The molecule has 1 aromatic heterocycles. The summed E-state index contributed by atoms with van der Waals surface area (Å²) in [6.07, 6.45) is 0.336. The van der Waals surface area contributed by atoms with Crippen LogP contribution in [0.4, 0.5) is 0 Å². The molecular weight excluding hydrogens is 374 g/mol. The highest BCUT2D eigenvalue weighted by Crippen LogP contribution is 2.24. The summed E-state index contributed by atoms with van der Waals surface area (Å²) in [4.78, 5) is 27.8. The number of ether oxygens (including phenoxy) is 2. The summed E-state index contributed by atoms with van der Waals surface area (Å²) in [6.45, 7) is 1.84. The lowest BCUT2D eigenvalue weighted by Gasteiger charge is -2.30. The predicted molar refractivity (Wildman–Crippen MR) is 101 cm³/mol. The maximum atomic E-state index is 13.1. The Bertz CT molecular complexity index is 972. The van der Waals surface area contributed by atoms with Gasteiger partial charge in [-0.3, -0.25) is 4.79 Å². The number of hydrogen-bond donors (Lipinski definition) is 0. The standard InChI is InChI=1S/C20H19N5O4/c26-19(24-10-12-28-13-11-24)18(15-6-2-1-3-7-15)29-20(27)16-8-4-5-9-17(16)25-14-21-22-23-25/h1-9,14,18H,10-13H2. The lowest BCUT2D eigenvalue weighted by Crippen LogP contribution is -2.44. The molecule has 1 aliphatic rings. The first-order chi connectivity index (χ1) is 14.2. The van der Waals surface area contributed by atoms with E-state index in [1.54, 1.807) is 53.4 Å². The van der Waals surface area contributed by atoms with Crippen molar-refractivity contribution in [3.63, 3.8) is 0 Å². The third-order valence-corrected chi connectivity index (χ3v) is 4.59. The Morgan fingerprint density at radius 3 is 2.45 bits per heavy atom. The molecule has 0 spiro atoms. The maximum Gasteiger partial charge on any atom is 0.341 e. The van der Waals surface area contributed by atoms with Crippen LogP contribution in [0.2, 0.25) is 0 Å². The molecule has 1 amide bonds. The van der Waals surface area contributed by atoms with E-state index in [9.17, 15) is 9.59 Å². The molecule has 1 aliphatic heterocycles. The molecule has 1 saturated heterocycles. The van der Waals surface area contributed by atoms with Crippen LogP contribution in [0, 0.1) is 0 Å². The Hall–Kier alpha value is -3.59. The van der Waals surface area contributed by atoms with Crippen LogP contribution in [-0.2, 0) is 14.3 Å². The topological polar surface area (TPSA) is 99.4 Å². The fourth-order valence-electron chi connectivity index (χ4n) is 3.13. The van der Waals surface area contributed by atoms with E-state index in [1.165, 1.54) is 11.0 Å². The van der Waals surface area contributed by atoms with Crippen LogP contribution in [0.15, 0.2) is 60.9 Å². The number of morpholine rings is 1. The number of nitrogens with zero attached hydrogens (tertiary/aromatic N) is 5. The van der Waals surface area contributed by atoms with Crippen LogP contribution in [0.25, 0.3) is 5.69 Å². The third kappa shape index (κ3) is 4.14. The number of carbonyl (C=O) groups excluding carboxylic acids is 2. The molecule has 9 heteroatoms. The number of esters is 1. The maximum absolute atomic E-state index is 13.1. The Kier molecular flexibility index (Phi) is 5.57. The van der Waals surface area contributed by atoms with Gasteiger partial charge < -0.3 is 14.4 Å². The minimum atomic E-state index is -1.05. The van der Waals surface area contributed by atoms with E-state index in [0.29, 0.717) is 37.6 Å². The zero-order valence-corrected chi connectivity index (χ0v) is 15.5. The quantitative estimate of drug-likeness (QED) is 0.605. The number of tetrazole rings is 1. The molecule has 0 bridgehead atoms. The Balaban J connectivity index is 1.63. The van der Waals surface area contributed by atoms with Gasteiger partial charge in [0.25, 0.3) is 5.91 Å². The molecule has 1 atom stereocenters. The van der Waals surface area contributed by atoms with Crippen molar-refractivity contribution in [1.82, 2.24) is 25.1 Å². The van der Waals surface area contributed by atoms with Crippen LogP contribution in [-0.4, -0.2) is 63.3 Å². The van der Waals surface area contributed by atoms with Crippen molar-refractivity contribution in [1.29, 1.82) is 0 Å². The summed E-state index contributed by atoms with van der Waals surface area (Å²) in [5, 5.41) is 11.0. The molecule has 2 aromatic carbocycles. The van der Waals surface area contributed by atoms with Crippen molar-refractivity contribution in [2.75, 3.05) is 26.3 Å². The number of para-hydroxylation sites is 1. The van der Waals surface area contributed by atoms with Crippen LogP contribution < -0.4 is 0 Å². The molecule has 0 radical (unpaired) electrons. The Morgan fingerprint density at radius 2 is 1.72 bits per heavy atom. The number of aromatic nitrogens is 4. The minimum Gasteiger partial charge on any atom is -0.444 e. The molecule has 4 rings (SSSR count). The average Bonchev–Trinajstić information content (AvgIpc) is 3.33. The summed E-state index contributed by atoms with van der Waals surface area (Å²) in [6, 6.07) is 15.8. The first-order valence-corrected chi connectivity index (χ1v) is 9.19. The van der Waals surface area contributed by atoms with Gasteiger partial charge in [0.1, 0.15) is 6.33 Å². The Morgan fingerprint density at radius 1 is 1.00 bits per heavy atom. The van der Waals surface area contributed by atoms with Gasteiger partial charge in [0, 0.05) is 18.7 Å². The molecule has 1 unspecified atom stereocenters. The third-order valence-electron chi connectivity index (χ3n) is 4.59. The summed E-state index contributed by atoms with van der Waals surface area (Å²) in [5.74, 6) is -0.903. The first-order valence-electron chi connectivity index (χ1n) is 9.19. The summed E-state index contributed by atoms with van der Waals surface area (Å²) >= 11 is 0. The molecule has 0 N–H and O–H groups in total. The van der Waals surface area contributed by atoms with E-state index in [-0.39, 0.29) is 11.5 Å². The predicted octanol–water partition coefficient (Wildman–Crippen LogP) is 1.42. The van der Waals surface area contributed by atoms with Crippen molar-refractivity contribution in [2.24, 2.45) is 0 Å². The van der Waals surface area contributed by atoms with E-state index < -0.39 is 12.1 Å². The highest BCUT2D eigenvalue weighted by atomic mass is 16.5. The molecule has 3 aromatic rings. The number of amides is 1. The van der Waals surface area contributed by atoms with Crippen molar-refractivity contribution >= 4 is 11.9 Å². The molecule has 29 heavy (non-hydrogen) atoms. The van der Waals surface area contributed by atoms with Crippen LogP contribution in [0.1, 0.15) is 22.0 Å². The van der Waals surface area contributed by atoms with E-state index >= 15 is 0 Å². The van der Waals surface area contributed by atoms with Crippen molar-refractivity contribution in [2.45, 2.75) is 6.10 Å². The summed E-state index contributed by atoms with van der Waals surface area (Å²) < 4.78 is 12.4. The van der Waals surface area contributed by atoms with Gasteiger partial charge in [-0.25, -0.2) is 4.79 Å². The lowest BCUT2D eigenvalue weighted by molar-refractivity contribution is -0.145. The molecule has 0 saturated carbocycles. The van der Waals surface area contributed by atoms with Crippen LogP contribution in [0.3, 0.4) is 0 Å². The zero-order chi connectivity index (χ0) is 20.1. The van der Waals surface area contributed by atoms with Crippen molar-refractivity contribution in [3.8, 4) is 5.69 Å². The van der Waals surface area contributed by atoms with Gasteiger partial charge in [0.15, 0.2) is 0 Å². The van der Waals surface area contributed by atoms with E-state index in [2.05, 4.69) is 15.5 Å². The highest BCUT2D eigenvalue weighted by Gasteiger charge is 2.31. The second-order valence-corrected chi connectivity index (χ2v) is 6.41. The number of rotatable bonds is 5. The van der Waals surface area contributed by atoms with Crippen LogP contribution >= 0.6 is 0 Å². The largest absolute Gasteiger partial charge is 0.444 e. The SMILES string of the molecule is O=C(OC(C(=O)N1CCOCC1)c1ccccc1)c1ccccc1-n1cnnn1. The molecule has 1 fully saturated rings. The monoisotopic (exact) mass is 393 g/mol. The van der Waals surface area contributed by atoms with Gasteiger partial charge in [0.05, 0.1) is 24.5 Å². The Labute approximate surface area is 166 Å². The highest BCUT2D eigenvalue weighted by molar-refractivity contribution is 5.95. The second kappa shape index (κ2) is 8.61. The van der Waals surface area contributed by atoms with Gasteiger partial charge in [0.2, 0.25) is 6.10 Å². The van der Waals surface area contributed by atoms with Crippen LogP contribution in [0.5, 0.6) is 0 Å². The normalized spacial score (nSPS) is 15.0. The smallest absolute Gasteiger partial charge is 0.341 e. The number of carbonyl (C=O) groups is 2. The lowest BCUT2D eigenvalue weighted by atomic mass is 10.1. The molecular formula is C20H19N5O4. The fourth-order valence-corrected chi connectivity index (χ4v) is 3.13. The second-order valence-electron chi connectivity index (χ2n) is 6.41. The molecule has 9 nitrogen and oxygen atoms in total. The van der Waals surface area contributed by atoms with E-state index in [0.717, 1.165) is 0 Å². The minimum absolute atomic E-state index is 0.260. The fraction of sp³-hybridized carbons (Fsp3) is 0.250. The number of benzene rings is 2. The van der Waals surface area contributed by atoms with E-state index in [4.69, 9.17) is 9.47 Å². The van der Waals surface area contributed by atoms with Gasteiger partial charge in [-0.2, -0.15) is 4.68 Å². The summed E-state index contributed by atoms with van der Waals surface area (Å²) in [7, 11) is 0. The molecule has 0 aliphatic carbocycles. The summed E-state index contributed by atoms with van der Waals surface area (Å²) in [5.41, 5.74) is 1.33. The number of hydrogen-bond acceptors (Lipinski definition) is 7. The molecule has 2 heterocycles. The zero-order valence-electron chi connectivity index (χ0n) is 15.5. The van der Waals surface area contributed by atoms with Gasteiger partial charge >= 0.3 is 5.97 Å². The van der Waals surface area contributed by atoms with Gasteiger partial charge in [-0.15, -0.1) is 5.10 Å². The first kappa shape index (κ1) is 18.8. The van der Waals surface area contributed by atoms with Crippen molar-refractivity contribution in [3.05, 3.63) is 72.1 Å². The van der Waals surface area contributed by atoms with E-state index in [1.807, 2.05) is 6.07 Å². The van der Waals surface area contributed by atoms with Gasteiger partial charge in [-0.05, 0) is 22.6 Å².